The molecule has 1 aromatic carbocycles. The number of carbonyl (C=O) groups excluding carboxylic acids is 1. The van der Waals surface area contributed by atoms with Crippen molar-refractivity contribution < 1.29 is 17.9 Å². The van der Waals surface area contributed by atoms with Crippen molar-refractivity contribution in [3.8, 4) is 11.1 Å². The molecule has 0 unspecified atom stereocenters. The maximum atomic E-state index is 12.2. The van der Waals surface area contributed by atoms with Crippen molar-refractivity contribution in [1.82, 2.24) is 0 Å². The van der Waals surface area contributed by atoms with Crippen LogP contribution in [0.15, 0.2) is 20.8 Å². The summed E-state index contributed by atoms with van der Waals surface area (Å²) in [4.78, 5) is 12.9. The van der Waals surface area contributed by atoms with Crippen molar-refractivity contribution >= 4 is 43.3 Å². The summed E-state index contributed by atoms with van der Waals surface area (Å²) in [5.74, 6) is -0.395. The molecule has 2 N–H and O–H groups in total. The Morgan fingerprint density at radius 3 is 2.48 bits per heavy atom. The van der Waals surface area contributed by atoms with Crippen LogP contribution < -0.4 is 5.14 Å². The van der Waals surface area contributed by atoms with Gasteiger partial charge in [-0.2, -0.15) is 0 Å². The lowest BCUT2D eigenvalue weighted by molar-refractivity contribution is 0.0607. The molecule has 0 spiro atoms. The highest BCUT2D eigenvalue weighted by molar-refractivity contribution is 9.11. The number of fused-ring (bicyclic) bond motifs is 1. The molecular weight excluding hydrogens is 426 g/mol. The molecule has 0 aliphatic heterocycles. The van der Waals surface area contributed by atoms with Gasteiger partial charge in [0.05, 0.1) is 15.8 Å². The van der Waals surface area contributed by atoms with Gasteiger partial charge in [-0.05, 0) is 76.9 Å². The molecule has 1 aliphatic rings. The smallest absolute Gasteiger partial charge is 0.348 e. The third-order valence-electron chi connectivity index (χ3n) is 4.53. The van der Waals surface area contributed by atoms with Crippen LogP contribution in [0.25, 0.3) is 11.1 Å². The third kappa shape index (κ3) is 3.28. The van der Waals surface area contributed by atoms with Gasteiger partial charge < -0.3 is 4.74 Å². The van der Waals surface area contributed by atoms with Crippen molar-refractivity contribution in [3.63, 3.8) is 0 Å². The number of sulfonamides is 1. The molecule has 0 radical (unpaired) electrons. The third-order valence-corrected chi connectivity index (χ3v) is 7.66. The van der Waals surface area contributed by atoms with E-state index in [1.807, 2.05) is 6.92 Å². The largest absolute Gasteiger partial charge is 0.465 e. The number of methoxy groups -OCH3 is 1. The Morgan fingerprint density at radius 1 is 1.24 bits per heavy atom. The molecule has 0 fully saturated rings. The first-order valence-electron chi connectivity index (χ1n) is 7.80. The molecule has 0 saturated carbocycles. The molecule has 0 bridgehead atoms. The van der Waals surface area contributed by atoms with E-state index in [9.17, 15) is 13.2 Å². The number of benzene rings is 1. The summed E-state index contributed by atoms with van der Waals surface area (Å²) in [6.45, 7) is 1.94. The van der Waals surface area contributed by atoms with Crippen LogP contribution in [-0.4, -0.2) is 21.5 Å². The summed E-state index contributed by atoms with van der Waals surface area (Å²) in [6.07, 6.45) is 3.34. The van der Waals surface area contributed by atoms with Crippen LogP contribution in [0, 0.1) is 6.92 Å². The Morgan fingerprint density at radius 2 is 1.88 bits per heavy atom. The minimum atomic E-state index is -3.78. The van der Waals surface area contributed by atoms with Crippen LogP contribution in [0.1, 0.15) is 39.2 Å². The molecule has 3 rings (SSSR count). The fourth-order valence-electron chi connectivity index (χ4n) is 3.38. The highest BCUT2D eigenvalue weighted by Gasteiger charge is 2.27. The second kappa shape index (κ2) is 6.83. The number of primary sulfonamides is 1. The fraction of sp³-hybridized carbons (Fsp3) is 0.353. The molecule has 8 heteroatoms. The number of rotatable bonds is 3. The van der Waals surface area contributed by atoms with Gasteiger partial charge in [0.2, 0.25) is 10.0 Å². The Hall–Kier alpha value is -1.22. The lowest BCUT2D eigenvalue weighted by Gasteiger charge is -2.22. The van der Waals surface area contributed by atoms with Gasteiger partial charge >= 0.3 is 5.97 Å². The zero-order chi connectivity index (χ0) is 18.4. The summed E-state index contributed by atoms with van der Waals surface area (Å²) in [5.41, 5.74) is 4.39. The summed E-state index contributed by atoms with van der Waals surface area (Å²) >= 11 is 4.83. The normalized spacial score (nSPS) is 14.2. The quantitative estimate of drug-likeness (QED) is 0.730. The monoisotopic (exact) mass is 443 g/mol. The van der Waals surface area contributed by atoms with Gasteiger partial charge in [0.1, 0.15) is 4.88 Å². The van der Waals surface area contributed by atoms with Gasteiger partial charge in [-0.25, -0.2) is 18.4 Å². The van der Waals surface area contributed by atoms with Crippen LogP contribution in [-0.2, 0) is 27.6 Å². The van der Waals surface area contributed by atoms with Crippen LogP contribution in [0.4, 0.5) is 0 Å². The molecule has 1 aromatic heterocycles. The second-order valence-corrected chi connectivity index (χ2v) is 9.89. The summed E-state index contributed by atoms with van der Waals surface area (Å²) in [5, 5.41) is 5.40. The second-order valence-electron chi connectivity index (χ2n) is 6.02. The molecule has 0 amide bonds. The number of hydrogen-bond acceptors (Lipinski definition) is 5. The van der Waals surface area contributed by atoms with E-state index < -0.39 is 16.0 Å². The standard InChI is InChI=1S/C17H18BrNO4S2/c1-9-14(15(17(20)23-2)24-16(9)18)12-7-8-13(25(19,21)22)11-6-4-3-5-10(11)12/h7-8H,3-6H2,1-2H3,(H2,19,21,22). The molecule has 0 saturated heterocycles. The summed E-state index contributed by atoms with van der Waals surface area (Å²) in [7, 11) is -2.42. The molecule has 25 heavy (non-hydrogen) atoms. The average Bonchev–Trinajstić information content (AvgIpc) is 2.87. The highest BCUT2D eigenvalue weighted by atomic mass is 79.9. The number of ether oxygens (including phenoxy) is 1. The van der Waals surface area contributed by atoms with Gasteiger partial charge in [-0.15, -0.1) is 11.3 Å². The lowest BCUT2D eigenvalue weighted by Crippen LogP contribution is -2.18. The van der Waals surface area contributed by atoms with E-state index in [2.05, 4.69) is 15.9 Å². The zero-order valence-electron chi connectivity index (χ0n) is 13.9. The average molecular weight is 444 g/mol. The zero-order valence-corrected chi connectivity index (χ0v) is 17.1. The van der Waals surface area contributed by atoms with Crippen LogP contribution >= 0.6 is 27.3 Å². The van der Waals surface area contributed by atoms with E-state index in [-0.39, 0.29) is 4.90 Å². The van der Waals surface area contributed by atoms with E-state index in [4.69, 9.17) is 9.88 Å². The van der Waals surface area contributed by atoms with E-state index >= 15 is 0 Å². The Bertz CT molecular complexity index is 964. The first kappa shape index (κ1) is 18.6. The predicted octanol–water partition coefficient (Wildman–Crippen LogP) is 3.80. The Labute approximate surface area is 159 Å². The maximum Gasteiger partial charge on any atom is 0.348 e. The van der Waals surface area contributed by atoms with E-state index in [0.29, 0.717) is 11.3 Å². The Balaban J connectivity index is 2.32. The molecule has 1 heterocycles. The van der Waals surface area contributed by atoms with Gasteiger partial charge in [0.25, 0.3) is 0 Å². The fourth-order valence-corrected chi connectivity index (χ4v) is 5.86. The van der Waals surface area contributed by atoms with Gasteiger partial charge in [0, 0.05) is 5.56 Å². The van der Waals surface area contributed by atoms with Gasteiger partial charge in [0.15, 0.2) is 0 Å². The molecule has 5 nitrogen and oxygen atoms in total. The lowest BCUT2D eigenvalue weighted by atomic mass is 9.85. The minimum absolute atomic E-state index is 0.192. The first-order valence-corrected chi connectivity index (χ1v) is 11.0. The maximum absolute atomic E-state index is 12.2. The van der Waals surface area contributed by atoms with Crippen LogP contribution in [0.3, 0.4) is 0 Å². The van der Waals surface area contributed by atoms with Gasteiger partial charge in [-0.3, -0.25) is 0 Å². The van der Waals surface area contributed by atoms with Crippen molar-refractivity contribution in [1.29, 1.82) is 0 Å². The summed E-state index contributed by atoms with van der Waals surface area (Å²) in [6, 6.07) is 3.32. The molecular formula is C17H18BrNO4S2. The first-order chi connectivity index (χ1) is 11.8. The van der Waals surface area contributed by atoms with E-state index in [1.54, 1.807) is 12.1 Å². The number of esters is 1. The molecule has 0 atom stereocenters. The predicted molar refractivity (Wildman–Crippen MR) is 102 cm³/mol. The van der Waals surface area contributed by atoms with E-state index in [1.165, 1.54) is 18.4 Å². The van der Waals surface area contributed by atoms with Crippen molar-refractivity contribution in [2.45, 2.75) is 37.5 Å². The van der Waals surface area contributed by atoms with Crippen molar-refractivity contribution in [3.05, 3.63) is 37.5 Å². The van der Waals surface area contributed by atoms with Crippen molar-refractivity contribution in [2.24, 2.45) is 5.14 Å². The highest BCUT2D eigenvalue weighted by Crippen LogP contribution is 2.43. The Kier molecular flexibility index (Phi) is 5.07. The molecule has 1 aliphatic carbocycles. The van der Waals surface area contributed by atoms with Gasteiger partial charge in [-0.1, -0.05) is 6.07 Å². The van der Waals surface area contributed by atoms with Crippen molar-refractivity contribution in [2.75, 3.05) is 7.11 Å². The number of thiophene rings is 1. The number of hydrogen-bond donors (Lipinski definition) is 1. The SMILES string of the molecule is COC(=O)c1sc(Br)c(C)c1-c1ccc(S(N)(=O)=O)c2c1CCCC2. The minimum Gasteiger partial charge on any atom is -0.465 e. The van der Waals surface area contributed by atoms with Crippen LogP contribution in [0.5, 0.6) is 0 Å². The number of halogens is 1. The molecule has 134 valence electrons. The molecule has 2 aromatic rings. The topological polar surface area (TPSA) is 86.5 Å². The van der Waals surface area contributed by atoms with Crippen LogP contribution in [0.2, 0.25) is 0 Å². The van der Waals surface area contributed by atoms with E-state index in [0.717, 1.165) is 50.9 Å². The summed E-state index contributed by atoms with van der Waals surface area (Å²) < 4.78 is 29.7. The number of carbonyl (C=O) groups is 1. The number of nitrogens with two attached hydrogens (primary N) is 1.